The maximum absolute atomic E-state index is 12.1. The van der Waals surface area contributed by atoms with Gasteiger partial charge in [0.15, 0.2) is 0 Å². The fourth-order valence-corrected chi connectivity index (χ4v) is 2.91. The van der Waals surface area contributed by atoms with Crippen molar-refractivity contribution in [3.05, 3.63) is 32.4 Å². The number of nitrogens with zero attached hydrogens (tertiary/aromatic N) is 2. The van der Waals surface area contributed by atoms with Gasteiger partial charge in [0.1, 0.15) is 0 Å². The van der Waals surface area contributed by atoms with E-state index in [1.165, 1.54) is 22.7 Å². The lowest BCUT2D eigenvalue weighted by Crippen LogP contribution is -2.25. The minimum absolute atomic E-state index is 0.0113. The molecule has 0 aliphatic rings. The van der Waals surface area contributed by atoms with Crippen molar-refractivity contribution in [1.82, 2.24) is 9.88 Å². The van der Waals surface area contributed by atoms with Crippen LogP contribution in [0.25, 0.3) is 0 Å². The second-order valence-electron chi connectivity index (χ2n) is 3.76. The van der Waals surface area contributed by atoms with Gasteiger partial charge in [0.25, 0.3) is 5.91 Å². The molecule has 0 saturated heterocycles. The van der Waals surface area contributed by atoms with Gasteiger partial charge < -0.3 is 10.6 Å². The Morgan fingerprint density at radius 1 is 1.59 bits per heavy atom. The first-order valence-corrected chi connectivity index (χ1v) is 6.82. The van der Waals surface area contributed by atoms with Crippen molar-refractivity contribution in [3.63, 3.8) is 0 Å². The van der Waals surface area contributed by atoms with E-state index >= 15 is 0 Å². The van der Waals surface area contributed by atoms with Crippen molar-refractivity contribution in [2.75, 3.05) is 12.8 Å². The number of amides is 1. The van der Waals surface area contributed by atoms with Gasteiger partial charge in [-0.05, 0) is 13.0 Å². The number of anilines is 1. The summed E-state index contributed by atoms with van der Waals surface area (Å²) in [7, 11) is 1.77. The molecule has 0 atom stereocenters. The molecule has 2 N–H and O–H groups in total. The number of thiophene rings is 1. The van der Waals surface area contributed by atoms with Crippen LogP contribution >= 0.6 is 22.7 Å². The van der Waals surface area contributed by atoms with Gasteiger partial charge in [-0.15, -0.1) is 22.7 Å². The highest BCUT2D eigenvalue weighted by atomic mass is 32.1. The molecule has 0 fully saturated rings. The lowest BCUT2D eigenvalue weighted by molar-refractivity contribution is 0.0788. The Kier molecular flexibility index (Phi) is 3.44. The zero-order valence-electron chi connectivity index (χ0n) is 9.64. The smallest absolute Gasteiger partial charge is 0.264 e. The Hall–Kier alpha value is -1.40. The van der Waals surface area contributed by atoms with Crippen LogP contribution in [0.5, 0.6) is 0 Å². The molecule has 0 aliphatic carbocycles. The summed E-state index contributed by atoms with van der Waals surface area (Å²) in [4.78, 5) is 19.6. The summed E-state index contributed by atoms with van der Waals surface area (Å²) in [5.41, 5.74) is 9.10. The van der Waals surface area contributed by atoms with Crippen molar-refractivity contribution >= 4 is 34.3 Å². The molecule has 2 aromatic rings. The fraction of sp³-hybridized carbons (Fsp3) is 0.273. The van der Waals surface area contributed by atoms with Crippen LogP contribution in [0.4, 0.5) is 5.69 Å². The quantitative estimate of drug-likeness (QED) is 0.928. The van der Waals surface area contributed by atoms with Crippen molar-refractivity contribution in [2.45, 2.75) is 13.5 Å². The minimum Gasteiger partial charge on any atom is -0.398 e. The van der Waals surface area contributed by atoms with E-state index in [0.29, 0.717) is 17.1 Å². The van der Waals surface area contributed by atoms with Crippen LogP contribution in [-0.4, -0.2) is 22.8 Å². The number of nitrogen functional groups attached to an aromatic ring is 1. The average molecular weight is 267 g/mol. The summed E-state index contributed by atoms with van der Waals surface area (Å²) >= 11 is 2.96. The number of aryl methyl sites for hydroxylation is 1. The van der Waals surface area contributed by atoms with E-state index in [-0.39, 0.29) is 5.91 Å². The molecule has 0 bridgehead atoms. The van der Waals surface area contributed by atoms with E-state index in [1.807, 2.05) is 12.3 Å². The lowest BCUT2D eigenvalue weighted by Gasteiger charge is -2.14. The zero-order valence-corrected chi connectivity index (χ0v) is 11.3. The monoisotopic (exact) mass is 267 g/mol. The molecule has 17 heavy (non-hydrogen) atoms. The Bertz CT molecular complexity index is 499. The molecule has 2 heterocycles. The summed E-state index contributed by atoms with van der Waals surface area (Å²) in [6.07, 6.45) is 0. The van der Waals surface area contributed by atoms with E-state index < -0.39 is 0 Å². The molecule has 0 spiro atoms. The van der Waals surface area contributed by atoms with Crippen molar-refractivity contribution in [2.24, 2.45) is 0 Å². The zero-order chi connectivity index (χ0) is 12.4. The Balaban J connectivity index is 2.09. The summed E-state index contributed by atoms with van der Waals surface area (Å²) in [5.74, 6) is -0.0113. The van der Waals surface area contributed by atoms with Crippen LogP contribution < -0.4 is 5.73 Å². The van der Waals surface area contributed by atoms with Gasteiger partial charge in [-0.3, -0.25) is 4.79 Å². The molecule has 0 aromatic carbocycles. The first-order chi connectivity index (χ1) is 8.08. The number of carbonyl (C=O) groups excluding carboxylic acids is 1. The average Bonchev–Trinajstić information content (AvgIpc) is 2.89. The van der Waals surface area contributed by atoms with Crippen LogP contribution in [-0.2, 0) is 6.54 Å². The number of nitrogens with two attached hydrogens (primary N) is 1. The molecule has 0 saturated carbocycles. The standard InChI is InChI=1S/C11H13N3OS2/c1-7-9(12)3-10(17-7)11(15)14(2)4-8-5-16-6-13-8/h3,5-6H,4,12H2,1-2H3. The van der Waals surface area contributed by atoms with Gasteiger partial charge in [-0.25, -0.2) is 4.98 Å². The highest BCUT2D eigenvalue weighted by Crippen LogP contribution is 2.24. The van der Waals surface area contributed by atoms with Gasteiger partial charge >= 0.3 is 0 Å². The van der Waals surface area contributed by atoms with Crippen molar-refractivity contribution in [1.29, 1.82) is 0 Å². The van der Waals surface area contributed by atoms with Crippen LogP contribution in [0.15, 0.2) is 17.0 Å². The molecule has 2 rings (SSSR count). The van der Waals surface area contributed by atoms with Gasteiger partial charge in [0.2, 0.25) is 0 Å². The van der Waals surface area contributed by atoms with Crippen molar-refractivity contribution < 1.29 is 4.79 Å². The summed E-state index contributed by atoms with van der Waals surface area (Å²) in [6.45, 7) is 2.44. The predicted octanol–water partition coefficient (Wildman–Crippen LogP) is 2.37. The largest absolute Gasteiger partial charge is 0.398 e. The van der Waals surface area contributed by atoms with Crippen LogP contribution in [0.1, 0.15) is 20.2 Å². The van der Waals surface area contributed by atoms with E-state index in [9.17, 15) is 4.79 Å². The van der Waals surface area contributed by atoms with E-state index in [1.54, 1.807) is 23.5 Å². The molecule has 0 radical (unpaired) electrons. The maximum atomic E-state index is 12.1. The second kappa shape index (κ2) is 4.85. The van der Waals surface area contributed by atoms with Gasteiger partial charge in [-0.1, -0.05) is 0 Å². The minimum atomic E-state index is -0.0113. The van der Waals surface area contributed by atoms with E-state index in [2.05, 4.69) is 4.98 Å². The number of thiazole rings is 1. The van der Waals surface area contributed by atoms with Gasteiger partial charge in [-0.2, -0.15) is 0 Å². The van der Waals surface area contributed by atoms with Gasteiger partial charge in [0, 0.05) is 23.0 Å². The maximum Gasteiger partial charge on any atom is 0.264 e. The lowest BCUT2D eigenvalue weighted by atomic mass is 10.3. The Morgan fingerprint density at radius 2 is 2.35 bits per heavy atom. The third kappa shape index (κ3) is 2.65. The Morgan fingerprint density at radius 3 is 2.88 bits per heavy atom. The van der Waals surface area contributed by atoms with Crippen LogP contribution in [0.2, 0.25) is 0 Å². The normalized spacial score (nSPS) is 10.5. The highest BCUT2D eigenvalue weighted by Gasteiger charge is 2.16. The molecular formula is C11H13N3OS2. The topological polar surface area (TPSA) is 59.2 Å². The molecule has 0 aliphatic heterocycles. The molecule has 90 valence electrons. The predicted molar refractivity (Wildman–Crippen MR) is 71.4 cm³/mol. The second-order valence-corrected chi connectivity index (χ2v) is 5.74. The summed E-state index contributed by atoms with van der Waals surface area (Å²) < 4.78 is 0. The molecular weight excluding hydrogens is 254 g/mol. The molecule has 6 heteroatoms. The molecule has 0 unspecified atom stereocenters. The number of rotatable bonds is 3. The first-order valence-electron chi connectivity index (χ1n) is 5.06. The van der Waals surface area contributed by atoms with Crippen molar-refractivity contribution in [3.8, 4) is 0 Å². The number of carbonyl (C=O) groups is 1. The summed E-state index contributed by atoms with van der Waals surface area (Å²) in [5, 5.41) is 1.94. The van der Waals surface area contributed by atoms with Crippen LogP contribution in [0.3, 0.4) is 0 Å². The fourth-order valence-electron chi connectivity index (χ4n) is 1.42. The highest BCUT2D eigenvalue weighted by molar-refractivity contribution is 7.14. The molecule has 4 nitrogen and oxygen atoms in total. The Labute approximate surface area is 108 Å². The van der Waals surface area contributed by atoms with Gasteiger partial charge in [0.05, 0.1) is 22.6 Å². The molecule has 2 aromatic heterocycles. The number of aromatic nitrogens is 1. The molecule has 1 amide bonds. The number of hydrogen-bond acceptors (Lipinski definition) is 5. The number of hydrogen-bond donors (Lipinski definition) is 1. The third-order valence-corrected chi connectivity index (χ3v) is 4.09. The third-order valence-electron chi connectivity index (χ3n) is 2.40. The van der Waals surface area contributed by atoms with Crippen LogP contribution in [0, 0.1) is 6.92 Å². The summed E-state index contributed by atoms with van der Waals surface area (Å²) in [6, 6.07) is 1.74. The van der Waals surface area contributed by atoms with E-state index in [0.717, 1.165) is 10.6 Å². The SMILES string of the molecule is Cc1sc(C(=O)N(C)Cc2cscn2)cc1N. The first kappa shape index (κ1) is 12.1. The van der Waals surface area contributed by atoms with E-state index in [4.69, 9.17) is 5.73 Å².